The molecule has 6 N–H and O–H groups in total. The molecule has 0 unspecified atom stereocenters. The number of piperidine rings is 3. The zero-order chi connectivity index (χ0) is 27.1. The Bertz CT molecular complexity index is 434. The van der Waals surface area contributed by atoms with Gasteiger partial charge in [-0.15, -0.1) is 0 Å². The van der Waals surface area contributed by atoms with Gasteiger partial charge in [-0.25, -0.2) is 0 Å². The number of nitrogens with zero attached hydrogens (tertiary/aromatic N) is 3. The van der Waals surface area contributed by atoms with Crippen LogP contribution >= 0.6 is 15.9 Å². The second-order valence-electron chi connectivity index (χ2n) is 9.48. The number of nitrogens with two attached hydrogens (primary N) is 1. The van der Waals surface area contributed by atoms with Crippen molar-refractivity contribution in [3.05, 3.63) is 0 Å². The average Bonchev–Trinajstić information content (AvgIpc) is 2.88. The van der Waals surface area contributed by atoms with E-state index in [4.69, 9.17) is 14.9 Å². The normalized spacial score (nSPS) is 19.9. The second kappa shape index (κ2) is 27.7. The van der Waals surface area contributed by atoms with E-state index in [0.717, 1.165) is 44.9 Å². The molecule has 10 heteroatoms. The van der Waals surface area contributed by atoms with E-state index in [1.54, 1.807) is 6.92 Å². The highest BCUT2D eigenvalue weighted by molar-refractivity contribution is 9.09. The molecule has 36 heavy (non-hydrogen) atoms. The molecular formula is C26H59BrN4O5. The number of likely N-dealkylation sites (tertiary alicyclic amines) is 3. The molecule has 0 aromatic carbocycles. The molecule has 9 nitrogen and oxygen atoms in total. The molecule has 0 amide bonds. The molecule has 0 atom stereocenters. The van der Waals surface area contributed by atoms with Crippen LogP contribution in [-0.2, 0) is 9.53 Å². The molecule has 220 valence electrons. The fourth-order valence-electron chi connectivity index (χ4n) is 3.97. The number of carbonyl (C=O) groups excluding carboxylic acids is 1. The number of aliphatic hydroxyl groups is 2. The molecule has 0 bridgehead atoms. The highest BCUT2D eigenvalue weighted by atomic mass is 79.9. The summed E-state index contributed by atoms with van der Waals surface area (Å²) in [7, 11) is 7.92. The Morgan fingerprint density at radius 1 is 0.806 bits per heavy atom. The number of rotatable bonds is 4. The summed E-state index contributed by atoms with van der Waals surface area (Å²) >= 11 is 3.51. The van der Waals surface area contributed by atoms with Gasteiger partial charge in [0.1, 0.15) is 0 Å². The molecule has 0 radical (unpaired) electrons. The minimum atomic E-state index is -0.00870. The number of carbonyl (C=O) groups is 1. The van der Waals surface area contributed by atoms with Gasteiger partial charge in [-0.3, -0.25) is 4.79 Å². The first kappa shape index (κ1) is 40.2. The summed E-state index contributed by atoms with van der Waals surface area (Å²) in [6.07, 6.45) is 7.01. The Morgan fingerprint density at radius 2 is 1.14 bits per heavy atom. The van der Waals surface area contributed by atoms with Gasteiger partial charge in [0, 0.05) is 18.5 Å². The molecule has 3 fully saturated rings. The van der Waals surface area contributed by atoms with Crippen LogP contribution in [0.1, 0.15) is 52.4 Å². The van der Waals surface area contributed by atoms with Crippen LogP contribution in [0.15, 0.2) is 0 Å². The zero-order valence-corrected chi connectivity index (χ0v) is 25.6. The third kappa shape index (κ3) is 21.7. The van der Waals surface area contributed by atoms with E-state index in [-0.39, 0.29) is 24.0 Å². The minimum Gasteiger partial charge on any atom is -0.466 e. The summed E-state index contributed by atoms with van der Waals surface area (Å²) in [5.41, 5.74) is 4.50. The van der Waals surface area contributed by atoms with Crippen LogP contribution in [0.5, 0.6) is 0 Å². The molecule has 0 aromatic heterocycles. The standard InChI is InChI=1S/C9H17NO2.C7H14BrN.C7H15NO.C2H6O.CH5N.H2O/c1-3-12-9(11)8-4-6-10(2)7-5-8;1-9-4-2-7(6-8)3-5-9;1-8-4-2-7(6-9)3-5-8;1-2-3;1-2;/h8H,3-7H2,1-2H3;7H,2-6H2,1H3;7,9H,2-6H2,1H3;3H,2H2,1H3;2H2,1H3;1H2. The predicted molar refractivity (Wildman–Crippen MR) is 155 cm³/mol. The average molecular weight is 588 g/mol. The van der Waals surface area contributed by atoms with Gasteiger partial charge in [-0.05, 0) is 132 Å². The van der Waals surface area contributed by atoms with Crippen LogP contribution in [-0.4, -0.2) is 129 Å². The van der Waals surface area contributed by atoms with Crippen molar-refractivity contribution < 1.29 is 25.2 Å². The summed E-state index contributed by atoms with van der Waals surface area (Å²) < 4.78 is 4.96. The molecule has 3 saturated heterocycles. The molecule has 3 aliphatic rings. The Kier molecular flexibility index (Phi) is 30.9. The van der Waals surface area contributed by atoms with Gasteiger partial charge in [0.05, 0.1) is 12.5 Å². The number of aliphatic hydroxyl groups excluding tert-OH is 2. The van der Waals surface area contributed by atoms with Crippen LogP contribution < -0.4 is 5.73 Å². The van der Waals surface area contributed by atoms with E-state index >= 15 is 0 Å². The maximum atomic E-state index is 11.3. The quantitative estimate of drug-likeness (QED) is 0.334. The molecule has 3 rings (SSSR count). The van der Waals surface area contributed by atoms with E-state index in [0.29, 0.717) is 19.1 Å². The van der Waals surface area contributed by atoms with Gasteiger partial charge in [-0.1, -0.05) is 15.9 Å². The van der Waals surface area contributed by atoms with Crippen molar-refractivity contribution in [1.82, 2.24) is 14.7 Å². The first-order valence-electron chi connectivity index (χ1n) is 13.4. The number of ether oxygens (including phenoxy) is 1. The van der Waals surface area contributed by atoms with E-state index in [2.05, 4.69) is 57.5 Å². The largest absolute Gasteiger partial charge is 0.466 e. The van der Waals surface area contributed by atoms with Crippen LogP contribution in [0.3, 0.4) is 0 Å². The lowest BCUT2D eigenvalue weighted by atomic mass is 9.97. The fourth-order valence-corrected chi connectivity index (χ4v) is 4.61. The highest BCUT2D eigenvalue weighted by Crippen LogP contribution is 2.18. The molecular weight excluding hydrogens is 528 g/mol. The lowest BCUT2D eigenvalue weighted by Crippen LogP contribution is -2.34. The molecule has 3 heterocycles. The van der Waals surface area contributed by atoms with E-state index in [1.807, 2.05) is 6.92 Å². The summed E-state index contributed by atoms with van der Waals surface area (Å²) in [6.45, 7) is 11.6. The molecule has 0 aromatic rings. The maximum Gasteiger partial charge on any atom is 0.309 e. The van der Waals surface area contributed by atoms with E-state index in [9.17, 15) is 4.79 Å². The molecule has 0 aliphatic carbocycles. The van der Waals surface area contributed by atoms with Crippen LogP contribution in [0.4, 0.5) is 0 Å². The Labute approximate surface area is 230 Å². The van der Waals surface area contributed by atoms with Gasteiger partial charge >= 0.3 is 5.97 Å². The van der Waals surface area contributed by atoms with E-state index < -0.39 is 0 Å². The maximum absolute atomic E-state index is 11.3. The van der Waals surface area contributed by atoms with Crippen molar-refractivity contribution in [2.75, 3.05) is 92.6 Å². The highest BCUT2D eigenvalue weighted by Gasteiger charge is 2.24. The lowest BCUT2D eigenvalue weighted by molar-refractivity contribution is -0.149. The number of alkyl halides is 1. The van der Waals surface area contributed by atoms with Gasteiger partial charge in [0.25, 0.3) is 0 Å². The summed E-state index contributed by atoms with van der Waals surface area (Å²) in [5.74, 6) is 1.68. The topological polar surface area (TPSA) is 134 Å². The summed E-state index contributed by atoms with van der Waals surface area (Å²) in [4.78, 5) is 18.2. The van der Waals surface area contributed by atoms with Crippen molar-refractivity contribution >= 4 is 21.9 Å². The smallest absolute Gasteiger partial charge is 0.309 e. The molecule has 3 aliphatic heterocycles. The Hall–Kier alpha value is -0.330. The summed E-state index contributed by atoms with van der Waals surface area (Å²) in [5, 5.41) is 17.5. The number of halogens is 1. The van der Waals surface area contributed by atoms with Crippen molar-refractivity contribution in [1.29, 1.82) is 0 Å². The SMILES string of the molecule is CCO.CCOC(=O)C1CCN(C)CC1.CN.CN1CCC(CBr)CC1.CN1CCC(CO)CC1.O. The first-order chi connectivity index (χ1) is 16.8. The molecule has 0 saturated carbocycles. The monoisotopic (exact) mass is 586 g/mol. The van der Waals surface area contributed by atoms with Gasteiger partial charge in [-0.2, -0.15) is 0 Å². The predicted octanol–water partition coefficient (Wildman–Crippen LogP) is 1.68. The lowest BCUT2D eigenvalue weighted by Gasteiger charge is -2.27. The van der Waals surface area contributed by atoms with Crippen LogP contribution in [0, 0.1) is 17.8 Å². The van der Waals surface area contributed by atoms with Crippen LogP contribution in [0.25, 0.3) is 0 Å². The van der Waals surface area contributed by atoms with Crippen molar-refractivity contribution in [2.24, 2.45) is 23.5 Å². The van der Waals surface area contributed by atoms with Crippen LogP contribution in [0.2, 0.25) is 0 Å². The molecule has 0 spiro atoms. The van der Waals surface area contributed by atoms with Gasteiger partial charge in [0.15, 0.2) is 0 Å². The number of hydrogen-bond donors (Lipinski definition) is 3. The first-order valence-corrected chi connectivity index (χ1v) is 14.5. The van der Waals surface area contributed by atoms with Crippen molar-refractivity contribution in [3.63, 3.8) is 0 Å². The number of esters is 1. The minimum absolute atomic E-state index is 0. The van der Waals surface area contributed by atoms with Crippen molar-refractivity contribution in [3.8, 4) is 0 Å². The third-order valence-corrected chi connectivity index (χ3v) is 7.41. The fraction of sp³-hybridized carbons (Fsp3) is 0.962. The van der Waals surface area contributed by atoms with Crippen molar-refractivity contribution in [2.45, 2.75) is 52.4 Å². The zero-order valence-electron chi connectivity index (χ0n) is 24.1. The van der Waals surface area contributed by atoms with Gasteiger partial charge < -0.3 is 40.9 Å². The van der Waals surface area contributed by atoms with Gasteiger partial charge in [0.2, 0.25) is 0 Å². The Balaban J connectivity index is -0.000000415. The second-order valence-corrected chi connectivity index (χ2v) is 10.1. The Morgan fingerprint density at radius 3 is 1.44 bits per heavy atom. The summed E-state index contributed by atoms with van der Waals surface area (Å²) in [6, 6.07) is 0. The number of hydrogen-bond acceptors (Lipinski definition) is 8. The van der Waals surface area contributed by atoms with E-state index in [1.165, 1.54) is 51.2 Å². The third-order valence-electron chi connectivity index (χ3n) is 6.49.